The predicted octanol–water partition coefficient (Wildman–Crippen LogP) is 6.77. The second kappa shape index (κ2) is 11.5. The summed E-state index contributed by atoms with van der Waals surface area (Å²) in [7, 11) is 0. The number of pyridine rings is 1. The summed E-state index contributed by atoms with van der Waals surface area (Å²) in [5.74, 6) is 0.125. The van der Waals surface area contributed by atoms with Crippen LogP contribution in [-0.2, 0) is 12.8 Å². The van der Waals surface area contributed by atoms with Gasteiger partial charge in [-0.05, 0) is 42.7 Å². The van der Waals surface area contributed by atoms with Crippen molar-refractivity contribution in [3.05, 3.63) is 34.5 Å². The van der Waals surface area contributed by atoms with Crippen molar-refractivity contribution in [2.75, 3.05) is 6.54 Å². The zero-order valence-corrected chi connectivity index (χ0v) is 22.0. The Bertz CT molecular complexity index is 1100. The Balaban J connectivity index is 1.92. The summed E-state index contributed by atoms with van der Waals surface area (Å²) in [6, 6.07) is 1.08. The number of alkyl halides is 5. The smallest absolute Gasteiger partial charge is 0.394 e. The van der Waals surface area contributed by atoms with Crippen molar-refractivity contribution in [2.45, 2.75) is 79.0 Å². The van der Waals surface area contributed by atoms with Gasteiger partial charge in [-0.15, -0.1) is 0 Å². The van der Waals surface area contributed by atoms with E-state index in [-0.39, 0.29) is 34.5 Å². The van der Waals surface area contributed by atoms with Gasteiger partial charge in [0, 0.05) is 19.2 Å². The number of amides is 1. The van der Waals surface area contributed by atoms with Crippen LogP contribution >= 0.6 is 11.6 Å². The maximum Gasteiger partial charge on any atom is 0.394 e. The minimum Gasteiger partial charge on any atom is -0.431 e. The number of nitrogens with zero attached hydrogens (tertiary/aromatic N) is 3. The van der Waals surface area contributed by atoms with Crippen LogP contribution in [0.2, 0.25) is 5.15 Å². The first kappa shape index (κ1) is 29.1. The van der Waals surface area contributed by atoms with Crippen LogP contribution in [-0.4, -0.2) is 39.8 Å². The van der Waals surface area contributed by atoms with E-state index in [0.29, 0.717) is 18.4 Å². The molecule has 1 N–H and O–H groups in total. The summed E-state index contributed by atoms with van der Waals surface area (Å²) in [6.45, 7) is 3.16. The van der Waals surface area contributed by atoms with E-state index in [1.54, 1.807) is 6.92 Å². The van der Waals surface area contributed by atoms with Crippen molar-refractivity contribution < 1.29 is 31.5 Å². The van der Waals surface area contributed by atoms with E-state index in [4.69, 9.17) is 11.6 Å². The number of ether oxygens (including phenoxy) is 1. The number of halogens is 6. The Morgan fingerprint density at radius 1 is 1.24 bits per heavy atom. The van der Waals surface area contributed by atoms with Crippen LogP contribution in [0.1, 0.15) is 75.3 Å². The molecule has 1 fully saturated rings. The van der Waals surface area contributed by atoms with Crippen LogP contribution in [0.3, 0.4) is 0 Å². The molecule has 0 aliphatic heterocycles. The highest BCUT2D eigenvalue weighted by Gasteiger charge is 2.47. The van der Waals surface area contributed by atoms with Crippen LogP contribution in [0.25, 0.3) is 5.82 Å². The van der Waals surface area contributed by atoms with Crippen LogP contribution in [0.4, 0.5) is 22.0 Å². The molecule has 0 spiro atoms. The van der Waals surface area contributed by atoms with Crippen molar-refractivity contribution in [3.63, 3.8) is 0 Å². The monoisotopic (exact) mass is 550 g/mol. The summed E-state index contributed by atoms with van der Waals surface area (Å²) >= 11 is 6.50. The third-order valence-corrected chi connectivity index (χ3v) is 7.19. The summed E-state index contributed by atoms with van der Waals surface area (Å²) < 4.78 is 72.4. The number of aryl methyl sites for hydroxylation is 1. The van der Waals surface area contributed by atoms with E-state index in [1.165, 1.54) is 4.57 Å². The molecule has 37 heavy (non-hydrogen) atoms. The Morgan fingerprint density at radius 3 is 2.46 bits per heavy atom. The fourth-order valence-corrected chi connectivity index (χ4v) is 4.74. The molecule has 206 valence electrons. The Labute approximate surface area is 218 Å². The third kappa shape index (κ3) is 6.91. The fraction of sp³-hybridized carbons (Fsp3) is 0.640. The molecule has 0 unspecified atom stereocenters. The summed E-state index contributed by atoms with van der Waals surface area (Å²) in [5, 5.41) is 2.71. The molecule has 0 radical (unpaired) electrons. The van der Waals surface area contributed by atoms with Gasteiger partial charge in [-0.2, -0.15) is 22.0 Å². The Hall–Kier alpha value is -2.43. The van der Waals surface area contributed by atoms with Crippen LogP contribution in [0.5, 0.6) is 5.75 Å². The van der Waals surface area contributed by atoms with E-state index in [9.17, 15) is 26.7 Å². The standard InChI is InChI=1S/C25H32ClF5N4O2/c1-5-18-34-19(22(36)33-12-15-8-6-14(2)7-9-15)20(26)35(18)21-17(37-23(27)28)10-16(13-32-21)11-24(3,4)25(29,30)31/h10,13-15,23H,5-9,11-12H2,1-4H3,(H,33,36). The summed E-state index contributed by atoms with van der Waals surface area (Å²) in [5.41, 5.74) is -2.16. The van der Waals surface area contributed by atoms with E-state index in [2.05, 4.69) is 26.9 Å². The van der Waals surface area contributed by atoms with E-state index in [1.807, 2.05) is 0 Å². The minimum atomic E-state index is -4.52. The van der Waals surface area contributed by atoms with Crippen molar-refractivity contribution in [1.29, 1.82) is 0 Å². The van der Waals surface area contributed by atoms with Crippen molar-refractivity contribution in [2.24, 2.45) is 17.3 Å². The van der Waals surface area contributed by atoms with E-state index in [0.717, 1.165) is 51.8 Å². The molecule has 3 rings (SSSR count). The van der Waals surface area contributed by atoms with Crippen LogP contribution < -0.4 is 10.1 Å². The molecule has 0 saturated heterocycles. The Kier molecular flexibility index (Phi) is 9.08. The zero-order valence-electron chi connectivity index (χ0n) is 21.3. The summed E-state index contributed by atoms with van der Waals surface area (Å²) in [6.07, 6.45) is 0.632. The van der Waals surface area contributed by atoms with Gasteiger partial charge in [-0.3, -0.25) is 9.36 Å². The first-order chi connectivity index (χ1) is 17.2. The number of aromatic nitrogens is 3. The first-order valence-electron chi connectivity index (χ1n) is 12.3. The molecule has 2 aromatic rings. The van der Waals surface area contributed by atoms with Gasteiger partial charge in [0.25, 0.3) is 5.91 Å². The largest absolute Gasteiger partial charge is 0.431 e. The van der Waals surface area contributed by atoms with Crippen LogP contribution in [0.15, 0.2) is 12.3 Å². The first-order valence-corrected chi connectivity index (χ1v) is 12.7. The second-order valence-electron chi connectivity index (χ2n) is 10.3. The number of nitrogens with one attached hydrogen (secondary N) is 1. The molecule has 0 atom stereocenters. The zero-order chi connectivity index (χ0) is 27.5. The molecule has 1 amide bonds. The third-order valence-electron chi connectivity index (χ3n) is 6.84. The molecule has 1 saturated carbocycles. The maximum atomic E-state index is 13.4. The van der Waals surface area contributed by atoms with Gasteiger partial charge >= 0.3 is 12.8 Å². The number of carbonyl (C=O) groups is 1. The molecule has 2 heterocycles. The molecular weight excluding hydrogens is 519 g/mol. The molecule has 0 aromatic carbocycles. The highest BCUT2D eigenvalue weighted by atomic mass is 35.5. The molecule has 2 aromatic heterocycles. The van der Waals surface area contributed by atoms with Gasteiger partial charge in [0.2, 0.25) is 0 Å². The number of imidazole rings is 1. The highest BCUT2D eigenvalue weighted by molar-refractivity contribution is 6.32. The molecule has 1 aliphatic rings. The lowest BCUT2D eigenvalue weighted by Crippen LogP contribution is -2.34. The lowest BCUT2D eigenvalue weighted by molar-refractivity contribution is -0.211. The van der Waals surface area contributed by atoms with Crippen LogP contribution in [0, 0.1) is 17.3 Å². The molecule has 0 bridgehead atoms. The lowest BCUT2D eigenvalue weighted by Gasteiger charge is -2.27. The van der Waals surface area contributed by atoms with Gasteiger partial charge in [-0.25, -0.2) is 9.97 Å². The SMILES string of the molecule is CCc1nc(C(=O)NCC2CCC(C)CC2)c(Cl)n1-c1ncc(CC(C)(C)C(F)(F)F)cc1OC(F)F. The normalized spacial score (nSPS) is 18.8. The Morgan fingerprint density at radius 2 is 1.89 bits per heavy atom. The molecular formula is C25H32ClF5N4O2. The van der Waals surface area contributed by atoms with Crippen molar-refractivity contribution in [1.82, 2.24) is 19.9 Å². The van der Waals surface area contributed by atoms with Gasteiger partial charge in [0.15, 0.2) is 17.3 Å². The summed E-state index contributed by atoms with van der Waals surface area (Å²) in [4.78, 5) is 21.3. The number of hydrogen-bond donors (Lipinski definition) is 1. The van der Waals surface area contributed by atoms with Gasteiger partial charge in [-0.1, -0.05) is 52.1 Å². The van der Waals surface area contributed by atoms with E-state index >= 15 is 0 Å². The highest BCUT2D eigenvalue weighted by Crippen LogP contribution is 2.41. The molecule has 1 aliphatic carbocycles. The minimum absolute atomic E-state index is 0.0516. The fourth-order valence-electron chi connectivity index (χ4n) is 4.43. The quantitative estimate of drug-likeness (QED) is 0.350. The number of carbonyl (C=O) groups excluding carboxylic acids is 1. The predicted molar refractivity (Wildman–Crippen MR) is 129 cm³/mol. The van der Waals surface area contributed by atoms with Gasteiger partial charge in [0.1, 0.15) is 11.0 Å². The molecule has 6 nitrogen and oxygen atoms in total. The number of rotatable bonds is 9. The van der Waals surface area contributed by atoms with Crippen molar-refractivity contribution in [3.8, 4) is 11.6 Å². The van der Waals surface area contributed by atoms with Crippen molar-refractivity contribution >= 4 is 17.5 Å². The number of hydrogen-bond acceptors (Lipinski definition) is 4. The molecule has 12 heteroatoms. The van der Waals surface area contributed by atoms with Gasteiger partial charge in [0.05, 0.1) is 5.41 Å². The lowest BCUT2D eigenvalue weighted by atomic mass is 9.83. The van der Waals surface area contributed by atoms with Gasteiger partial charge < -0.3 is 10.1 Å². The van der Waals surface area contributed by atoms with E-state index < -0.39 is 36.3 Å². The average molecular weight is 551 g/mol. The topological polar surface area (TPSA) is 69.0 Å². The maximum absolute atomic E-state index is 13.4. The average Bonchev–Trinajstić information content (AvgIpc) is 3.13. The second-order valence-corrected chi connectivity index (χ2v) is 10.7.